The number of hydrogen-bond acceptors (Lipinski definition) is 5. The highest BCUT2D eigenvalue weighted by Crippen LogP contribution is 2.36. The molecule has 0 saturated carbocycles. The topological polar surface area (TPSA) is 110 Å². The van der Waals surface area contributed by atoms with Crippen LogP contribution in [0, 0.1) is 11.3 Å². The van der Waals surface area contributed by atoms with Crippen molar-refractivity contribution in [3.05, 3.63) is 77.2 Å². The highest BCUT2D eigenvalue weighted by Gasteiger charge is 2.26. The number of amides is 1. The third kappa shape index (κ3) is 2.92. The van der Waals surface area contributed by atoms with Crippen LogP contribution in [0.5, 0.6) is 0 Å². The van der Waals surface area contributed by atoms with Crippen molar-refractivity contribution in [2.24, 2.45) is 0 Å². The predicted molar refractivity (Wildman–Crippen MR) is 111 cm³/mol. The van der Waals surface area contributed by atoms with E-state index in [2.05, 4.69) is 4.98 Å². The smallest absolute Gasteiger partial charge is 0.289 e. The standard InChI is InChI=1S/C21H15N5OS/c22-12-13-11-16-17(23)18(28-20(16)25-19(13)24)21(27)26(14-7-3-1-4-8-14)15-9-5-2-6-10-15/h1-11H,23H2,(H2,24,25)/p+1. The average molecular weight is 386 g/mol. The van der Waals surface area contributed by atoms with Crippen LogP contribution in [0.2, 0.25) is 0 Å². The number of nitrogens with zero attached hydrogens (tertiary/aromatic N) is 2. The van der Waals surface area contributed by atoms with Crippen LogP contribution < -0.4 is 21.4 Å². The van der Waals surface area contributed by atoms with Crippen molar-refractivity contribution in [1.29, 1.82) is 5.26 Å². The minimum Gasteiger partial charge on any atom is -0.397 e. The van der Waals surface area contributed by atoms with E-state index in [4.69, 9.17) is 11.5 Å². The molecule has 0 saturated heterocycles. The fraction of sp³-hybridized carbons (Fsp3) is 0. The summed E-state index contributed by atoms with van der Waals surface area (Å²) in [5, 5.41) is 9.82. The van der Waals surface area contributed by atoms with Crippen LogP contribution >= 0.6 is 11.3 Å². The summed E-state index contributed by atoms with van der Waals surface area (Å²) >= 11 is 1.22. The van der Waals surface area contributed by atoms with Gasteiger partial charge in [-0.25, -0.2) is 4.98 Å². The summed E-state index contributed by atoms with van der Waals surface area (Å²) in [5.41, 5.74) is 14.3. The molecule has 4 aromatic rings. The van der Waals surface area contributed by atoms with Gasteiger partial charge in [0.25, 0.3) is 11.7 Å². The van der Waals surface area contributed by atoms with Gasteiger partial charge in [0.15, 0.2) is 4.83 Å². The Labute approximate surface area is 165 Å². The van der Waals surface area contributed by atoms with E-state index in [1.165, 1.54) is 11.3 Å². The van der Waals surface area contributed by atoms with E-state index >= 15 is 0 Å². The lowest BCUT2D eigenvalue weighted by Gasteiger charge is -2.22. The Balaban J connectivity index is 1.88. The van der Waals surface area contributed by atoms with E-state index < -0.39 is 0 Å². The molecule has 1 amide bonds. The summed E-state index contributed by atoms with van der Waals surface area (Å²) in [6.45, 7) is 0. The Morgan fingerprint density at radius 1 is 1.00 bits per heavy atom. The SMILES string of the molecule is N#Cc1cc2c(N)c(C(=O)N(c3ccccc3)c3ccccc3)sc2[nH+]c1N. The van der Waals surface area contributed by atoms with Gasteiger partial charge in [0, 0.05) is 11.4 Å². The van der Waals surface area contributed by atoms with Gasteiger partial charge in [-0.1, -0.05) is 47.7 Å². The summed E-state index contributed by atoms with van der Waals surface area (Å²) in [6, 6.07) is 22.4. The van der Waals surface area contributed by atoms with Gasteiger partial charge in [0.05, 0.1) is 11.1 Å². The summed E-state index contributed by atoms with van der Waals surface area (Å²) in [7, 11) is 0. The molecule has 0 atom stereocenters. The monoisotopic (exact) mass is 386 g/mol. The second-order valence-corrected chi connectivity index (χ2v) is 7.13. The summed E-state index contributed by atoms with van der Waals surface area (Å²) < 4.78 is 0. The molecule has 0 spiro atoms. The first-order valence-electron chi connectivity index (χ1n) is 8.48. The fourth-order valence-electron chi connectivity index (χ4n) is 3.00. The lowest BCUT2D eigenvalue weighted by Crippen LogP contribution is -2.25. The van der Waals surface area contributed by atoms with Crippen molar-refractivity contribution < 1.29 is 9.78 Å². The Kier molecular flexibility index (Phi) is 4.39. The largest absolute Gasteiger partial charge is 0.397 e. The number of aromatic amines is 1. The van der Waals surface area contributed by atoms with Crippen LogP contribution in [-0.2, 0) is 0 Å². The number of H-pyrrole nitrogens is 1. The molecular formula is C21H16N5OS+. The molecule has 2 heterocycles. The second-order valence-electron chi connectivity index (χ2n) is 6.11. The van der Waals surface area contributed by atoms with Gasteiger partial charge in [0.1, 0.15) is 16.5 Å². The van der Waals surface area contributed by atoms with E-state index in [1.807, 2.05) is 66.7 Å². The number of hydrogen-bond donors (Lipinski definition) is 2. The van der Waals surface area contributed by atoms with Crippen molar-refractivity contribution in [2.45, 2.75) is 0 Å². The van der Waals surface area contributed by atoms with Gasteiger partial charge >= 0.3 is 0 Å². The van der Waals surface area contributed by atoms with Gasteiger partial charge in [-0.3, -0.25) is 15.4 Å². The van der Waals surface area contributed by atoms with Crippen LogP contribution in [0.15, 0.2) is 66.7 Å². The number of carbonyl (C=O) groups is 1. The van der Waals surface area contributed by atoms with E-state index in [1.54, 1.807) is 11.0 Å². The highest BCUT2D eigenvalue weighted by atomic mass is 32.1. The second kappa shape index (κ2) is 7.02. The number of pyridine rings is 1. The van der Waals surface area contributed by atoms with E-state index in [0.29, 0.717) is 26.3 Å². The maximum Gasteiger partial charge on any atom is 0.289 e. The number of nitrogens with two attached hydrogens (primary N) is 2. The molecule has 2 aromatic carbocycles. The molecule has 0 fully saturated rings. The van der Waals surface area contributed by atoms with Crippen LogP contribution in [0.1, 0.15) is 15.2 Å². The van der Waals surface area contributed by atoms with E-state index in [-0.39, 0.29) is 11.7 Å². The molecular weight excluding hydrogens is 370 g/mol. The Bertz CT molecular complexity index is 1170. The molecule has 5 N–H and O–H groups in total. The minimum absolute atomic E-state index is 0.248. The van der Waals surface area contributed by atoms with Crippen LogP contribution in [0.25, 0.3) is 10.2 Å². The van der Waals surface area contributed by atoms with Crippen LogP contribution in [-0.4, -0.2) is 5.91 Å². The first kappa shape index (κ1) is 17.5. The zero-order chi connectivity index (χ0) is 19.7. The number of carbonyl (C=O) groups excluding carboxylic acids is 1. The first-order valence-corrected chi connectivity index (χ1v) is 9.30. The number of thiophene rings is 1. The highest BCUT2D eigenvalue weighted by molar-refractivity contribution is 7.21. The molecule has 0 bridgehead atoms. The summed E-state index contributed by atoms with van der Waals surface area (Å²) in [4.78, 5) is 19.1. The van der Waals surface area contributed by atoms with Gasteiger partial charge in [-0.2, -0.15) is 5.26 Å². The average Bonchev–Trinajstić information content (AvgIpc) is 3.04. The van der Waals surface area contributed by atoms with Gasteiger partial charge in [0.2, 0.25) is 0 Å². The third-order valence-electron chi connectivity index (χ3n) is 4.36. The first-order chi connectivity index (χ1) is 13.6. The number of nitrogen functional groups attached to an aromatic ring is 2. The van der Waals surface area contributed by atoms with Crippen molar-refractivity contribution in [1.82, 2.24) is 0 Å². The van der Waals surface area contributed by atoms with E-state index in [0.717, 1.165) is 11.4 Å². The Morgan fingerprint density at radius 3 is 2.11 bits per heavy atom. The number of fused-ring (bicyclic) bond motifs is 1. The minimum atomic E-state index is -0.249. The van der Waals surface area contributed by atoms with Crippen LogP contribution in [0.3, 0.4) is 0 Å². The van der Waals surface area contributed by atoms with Crippen molar-refractivity contribution >= 4 is 50.3 Å². The number of para-hydroxylation sites is 2. The number of nitrogens with one attached hydrogen (secondary N) is 1. The summed E-state index contributed by atoms with van der Waals surface area (Å²) in [6.07, 6.45) is 0. The van der Waals surface area contributed by atoms with Crippen molar-refractivity contribution in [3.8, 4) is 6.07 Å². The number of aromatic nitrogens is 1. The number of anilines is 4. The normalized spacial score (nSPS) is 10.5. The molecule has 0 aliphatic rings. The van der Waals surface area contributed by atoms with E-state index in [9.17, 15) is 10.1 Å². The molecule has 0 aliphatic heterocycles. The Morgan fingerprint density at radius 2 is 1.57 bits per heavy atom. The van der Waals surface area contributed by atoms with Gasteiger partial charge in [-0.15, -0.1) is 0 Å². The van der Waals surface area contributed by atoms with Crippen molar-refractivity contribution in [2.75, 3.05) is 16.4 Å². The molecule has 6 nitrogen and oxygen atoms in total. The fourth-order valence-corrected chi connectivity index (χ4v) is 4.04. The quantitative estimate of drug-likeness (QED) is 0.559. The maximum absolute atomic E-state index is 13.5. The molecule has 136 valence electrons. The molecule has 4 rings (SSSR count). The molecule has 28 heavy (non-hydrogen) atoms. The number of benzene rings is 2. The summed E-state index contributed by atoms with van der Waals surface area (Å²) in [5.74, 6) is -0.000182. The number of rotatable bonds is 3. The number of nitriles is 1. The zero-order valence-electron chi connectivity index (χ0n) is 14.7. The molecule has 0 aliphatic carbocycles. The lowest BCUT2D eigenvalue weighted by atomic mass is 10.1. The molecule has 7 heteroatoms. The Hall–Kier alpha value is -3.89. The molecule has 0 unspecified atom stereocenters. The predicted octanol–water partition coefficient (Wildman–Crippen LogP) is 3.73. The zero-order valence-corrected chi connectivity index (χ0v) is 15.5. The maximum atomic E-state index is 13.5. The van der Waals surface area contributed by atoms with Crippen molar-refractivity contribution in [3.63, 3.8) is 0 Å². The van der Waals surface area contributed by atoms with Gasteiger partial charge < -0.3 is 5.73 Å². The van der Waals surface area contributed by atoms with Crippen LogP contribution in [0.4, 0.5) is 22.9 Å². The molecule has 2 aromatic heterocycles. The molecule has 0 radical (unpaired) electrons. The third-order valence-corrected chi connectivity index (χ3v) is 5.48. The van der Waals surface area contributed by atoms with Gasteiger partial charge in [-0.05, 0) is 30.3 Å². The lowest BCUT2D eigenvalue weighted by molar-refractivity contribution is -0.323.